The maximum Gasteiger partial charge on any atom is 0.257 e. The number of para-hydroxylation sites is 1. The summed E-state index contributed by atoms with van der Waals surface area (Å²) in [6.45, 7) is 0.0977. The highest BCUT2D eigenvalue weighted by molar-refractivity contribution is 7.92. The quantitative estimate of drug-likeness (QED) is 0.681. The Labute approximate surface area is 163 Å². The van der Waals surface area contributed by atoms with E-state index >= 15 is 0 Å². The second kappa shape index (κ2) is 8.22. The Bertz CT molecular complexity index is 1070. The van der Waals surface area contributed by atoms with E-state index in [4.69, 9.17) is 0 Å². The van der Waals surface area contributed by atoms with E-state index in [-0.39, 0.29) is 17.8 Å². The molecule has 0 aliphatic rings. The standard InChI is InChI=1S/C21H19FN2O3S/c1-28(26,27)24(15-16-7-3-2-4-8-16)20-10-6-5-9-19(20)21(25)23-18-13-11-17(22)12-14-18/h2-14H,15H2,1H3,(H,23,25). The minimum atomic E-state index is -3.65. The number of nitrogens with one attached hydrogen (secondary N) is 1. The first kappa shape index (κ1) is 19.6. The third kappa shape index (κ3) is 4.75. The van der Waals surface area contributed by atoms with Gasteiger partial charge in [-0.15, -0.1) is 0 Å². The lowest BCUT2D eigenvalue weighted by atomic mass is 10.1. The van der Waals surface area contributed by atoms with Crippen LogP contribution in [-0.2, 0) is 16.6 Å². The van der Waals surface area contributed by atoms with E-state index in [2.05, 4.69) is 5.32 Å². The fraction of sp³-hybridized carbons (Fsp3) is 0.0952. The van der Waals surface area contributed by atoms with Crippen molar-refractivity contribution in [2.24, 2.45) is 0 Å². The summed E-state index contributed by atoms with van der Waals surface area (Å²) < 4.78 is 39.2. The zero-order valence-corrected chi connectivity index (χ0v) is 16.0. The minimum absolute atomic E-state index is 0.0977. The van der Waals surface area contributed by atoms with Crippen molar-refractivity contribution in [3.8, 4) is 0 Å². The molecule has 1 N–H and O–H groups in total. The molecule has 0 bridgehead atoms. The minimum Gasteiger partial charge on any atom is -0.322 e. The van der Waals surface area contributed by atoms with E-state index < -0.39 is 21.7 Å². The van der Waals surface area contributed by atoms with E-state index in [1.807, 2.05) is 30.3 Å². The molecular weight excluding hydrogens is 379 g/mol. The van der Waals surface area contributed by atoms with E-state index in [1.165, 1.54) is 28.6 Å². The van der Waals surface area contributed by atoms with E-state index in [0.29, 0.717) is 5.69 Å². The number of carbonyl (C=O) groups is 1. The molecule has 0 unspecified atom stereocenters. The monoisotopic (exact) mass is 398 g/mol. The molecule has 0 radical (unpaired) electrons. The molecule has 3 rings (SSSR count). The Morgan fingerprint density at radius 1 is 0.929 bits per heavy atom. The third-order valence-corrected chi connectivity index (χ3v) is 5.22. The predicted octanol–water partition coefficient (Wildman–Crippen LogP) is 4.04. The van der Waals surface area contributed by atoms with Crippen molar-refractivity contribution in [3.05, 3.63) is 95.8 Å². The summed E-state index contributed by atoms with van der Waals surface area (Å²) in [4.78, 5) is 12.8. The molecule has 0 aliphatic heterocycles. The van der Waals surface area contributed by atoms with Gasteiger partial charge < -0.3 is 5.32 Å². The molecule has 0 aromatic heterocycles. The van der Waals surface area contributed by atoms with Crippen LogP contribution in [-0.4, -0.2) is 20.6 Å². The first-order valence-electron chi connectivity index (χ1n) is 8.52. The molecular formula is C21H19FN2O3S. The molecule has 0 spiro atoms. The van der Waals surface area contributed by atoms with Gasteiger partial charge in [0.2, 0.25) is 10.0 Å². The van der Waals surface area contributed by atoms with Gasteiger partial charge in [0.25, 0.3) is 5.91 Å². The average molecular weight is 398 g/mol. The first-order chi connectivity index (χ1) is 13.3. The Morgan fingerprint density at radius 3 is 2.18 bits per heavy atom. The molecule has 28 heavy (non-hydrogen) atoms. The summed E-state index contributed by atoms with van der Waals surface area (Å²) >= 11 is 0. The Morgan fingerprint density at radius 2 is 1.54 bits per heavy atom. The van der Waals surface area contributed by atoms with Crippen molar-refractivity contribution >= 4 is 27.3 Å². The zero-order chi connectivity index (χ0) is 20.1. The molecule has 0 aliphatic carbocycles. The number of anilines is 2. The van der Waals surface area contributed by atoms with Gasteiger partial charge in [0.1, 0.15) is 5.82 Å². The Balaban J connectivity index is 1.96. The average Bonchev–Trinajstić information content (AvgIpc) is 2.68. The molecule has 0 heterocycles. The van der Waals surface area contributed by atoms with Crippen molar-refractivity contribution in [1.82, 2.24) is 0 Å². The highest BCUT2D eigenvalue weighted by Gasteiger charge is 2.23. The van der Waals surface area contributed by atoms with Crippen LogP contribution < -0.4 is 9.62 Å². The smallest absolute Gasteiger partial charge is 0.257 e. The number of hydrogen-bond donors (Lipinski definition) is 1. The Hall–Kier alpha value is -3.19. The number of hydrogen-bond acceptors (Lipinski definition) is 3. The summed E-state index contributed by atoms with van der Waals surface area (Å²) in [5.74, 6) is -0.895. The highest BCUT2D eigenvalue weighted by atomic mass is 32.2. The van der Waals surface area contributed by atoms with Gasteiger partial charge in [-0.1, -0.05) is 42.5 Å². The molecule has 0 saturated carbocycles. The van der Waals surface area contributed by atoms with Gasteiger partial charge in [-0.2, -0.15) is 0 Å². The second-order valence-corrected chi connectivity index (χ2v) is 8.14. The van der Waals surface area contributed by atoms with Gasteiger partial charge in [0.15, 0.2) is 0 Å². The lowest BCUT2D eigenvalue weighted by molar-refractivity contribution is 0.102. The number of rotatable bonds is 6. The second-order valence-electron chi connectivity index (χ2n) is 6.23. The van der Waals surface area contributed by atoms with Gasteiger partial charge in [0.05, 0.1) is 24.1 Å². The van der Waals surface area contributed by atoms with Gasteiger partial charge in [-0.3, -0.25) is 9.10 Å². The lowest BCUT2D eigenvalue weighted by Gasteiger charge is -2.24. The first-order valence-corrected chi connectivity index (χ1v) is 10.4. The molecule has 0 atom stereocenters. The maximum atomic E-state index is 13.1. The third-order valence-electron chi connectivity index (χ3n) is 4.09. The van der Waals surface area contributed by atoms with Crippen LogP contribution in [0.4, 0.5) is 15.8 Å². The predicted molar refractivity (Wildman–Crippen MR) is 108 cm³/mol. The number of carbonyl (C=O) groups excluding carboxylic acids is 1. The normalized spacial score (nSPS) is 11.1. The van der Waals surface area contributed by atoms with Crippen LogP contribution in [0.2, 0.25) is 0 Å². The number of sulfonamides is 1. The van der Waals surface area contributed by atoms with Crippen molar-refractivity contribution in [1.29, 1.82) is 0 Å². The fourth-order valence-electron chi connectivity index (χ4n) is 2.75. The van der Waals surface area contributed by atoms with Crippen molar-refractivity contribution in [2.45, 2.75) is 6.54 Å². The molecule has 1 amide bonds. The van der Waals surface area contributed by atoms with Gasteiger partial charge in [-0.25, -0.2) is 12.8 Å². The van der Waals surface area contributed by atoms with Crippen LogP contribution >= 0.6 is 0 Å². The largest absolute Gasteiger partial charge is 0.322 e. The van der Waals surface area contributed by atoms with Crippen LogP contribution in [0.5, 0.6) is 0 Å². The summed E-state index contributed by atoms with van der Waals surface area (Å²) in [6, 6.07) is 20.9. The zero-order valence-electron chi connectivity index (χ0n) is 15.2. The molecule has 0 saturated heterocycles. The van der Waals surface area contributed by atoms with Crippen molar-refractivity contribution in [2.75, 3.05) is 15.9 Å². The summed E-state index contributed by atoms with van der Waals surface area (Å²) in [5, 5.41) is 2.67. The lowest BCUT2D eigenvalue weighted by Crippen LogP contribution is -2.31. The van der Waals surface area contributed by atoms with Crippen LogP contribution in [0.3, 0.4) is 0 Å². The Kier molecular flexibility index (Phi) is 5.75. The summed E-state index contributed by atoms with van der Waals surface area (Å²) in [6.07, 6.45) is 1.10. The van der Waals surface area contributed by atoms with Crippen molar-refractivity contribution < 1.29 is 17.6 Å². The number of nitrogens with zero attached hydrogens (tertiary/aromatic N) is 1. The van der Waals surface area contributed by atoms with Crippen LogP contribution in [0.15, 0.2) is 78.9 Å². The van der Waals surface area contributed by atoms with Gasteiger partial charge in [0, 0.05) is 5.69 Å². The number of benzene rings is 3. The van der Waals surface area contributed by atoms with Crippen molar-refractivity contribution in [3.63, 3.8) is 0 Å². The maximum absolute atomic E-state index is 13.1. The molecule has 7 heteroatoms. The van der Waals surface area contributed by atoms with Crippen LogP contribution in [0.1, 0.15) is 15.9 Å². The van der Waals surface area contributed by atoms with Crippen LogP contribution in [0.25, 0.3) is 0 Å². The molecule has 144 valence electrons. The summed E-state index contributed by atoms with van der Waals surface area (Å²) in [7, 11) is -3.65. The number of halogens is 1. The fourth-order valence-corrected chi connectivity index (χ4v) is 3.65. The molecule has 3 aromatic carbocycles. The SMILES string of the molecule is CS(=O)(=O)N(Cc1ccccc1)c1ccccc1C(=O)Nc1ccc(F)cc1. The molecule has 0 fully saturated rings. The highest BCUT2D eigenvalue weighted by Crippen LogP contribution is 2.26. The van der Waals surface area contributed by atoms with Gasteiger partial charge >= 0.3 is 0 Å². The summed E-state index contributed by atoms with van der Waals surface area (Å²) in [5.41, 5.74) is 1.68. The number of amides is 1. The molecule has 5 nitrogen and oxygen atoms in total. The topological polar surface area (TPSA) is 66.5 Å². The van der Waals surface area contributed by atoms with E-state index in [1.54, 1.807) is 24.3 Å². The van der Waals surface area contributed by atoms with E-state index in [9.17, 15) is 17.6 Å². The van der Waals surface area contributed by atoms with Crippen LogP contribution in [0, 0.1) is 5.82 Å². The molecule has 3 aromatic rings. The van der Waals surface area contributed by atoms with E-state index in [0.717, 1.165) is 11.8 Å². The van der Waals surface area contributed by atoms with Gasteiger partial charge in [-0.05, 0) is 42.0 Å².